The molecule has 156 valence electrons. The smallest absolute Gasteiger partial charge is 0.332 e. The lowest BCUT2D eigenvalue weighted by Gasteiger charge is -2.22. The molecule has 5 N–H and O–H groups in total. The number of hydrogen-bond donors (Lipinski definition) is 3. The van der Waals surface area contributed by atoms with Crippen LogP contribution in [0.15, 0.2) is 33.9 Å². The predicted octanol–water partition coefficient (Wildman–Crippen LogP) is -0.164. The highest BCUT2D eigenvalue weighted by Gasteiger charge is 2.27. The second-order valence-electron chi connectivity index (χ2n) is 7.07. The fourth-order valence-electron chi connectivity index (χ4n) is 2.66. The summed E-state index contributed by atoms with van der Waals surface area (Å²) in [6.45, 7) is 4.17. The highest BCUT2D eigenvalue weighted by Crippen LogP contribution is 2.11. The molecule has 1 amide bonds. The number of benzene rings is 1. The van der Waals surface area contributed by atoms with Crippen LogP contribution in [-0.2, 0) is 17.9 Å². The van der Waals surface area contributed by atoms with Crippen molar-refractivity contribution in [3.63, 3.8) is 0 Å². The maximum absolute atomic E-state index is 13.1. The number of aromatic nitrogens is 2. The first kappa shape index (κ1) is 22.0. The maximum atomic E-state index is 13.1. The Hall–Kier alpha value is -3.27. The van der Waals surface area contributed by atoms with Crippen molar-refractivity contribution in [1.29, 1.82) is 0 Å². The van der Waals surface area contributed by atoms with Crippen LogP contribution in [0.1, 0.15) is 36.7 Å². The second kappa shape index (κ2) is 8.39. The number of primary amides is 1. The number of anilines is 1. The molecule has 0 unspecified atom stereocenters. The minimum absolute atomic E-state index is 0.0296. The second-order valence-corrected chi connectivity index (χ2v) is 7.07. The largest absolute Gasteiger partial charge is 0.384 e. The van der Waals surface area contributed by atoms with Crippen molar-refractivity contribution in [2.75, 3.05) is 12.3 Å². The van der Waals surface area contributed by atoms with E-state index in [9.17, 15) is 23.6 Å². The van der Waals surface area contributed by atoms with Gasteiger partial charge in [-0.3, -0.25) is 28.8 Å². The molecule has 2 rings (SSSR count). The lowest BCUT2D eigenvalue weighted by Crippen LogP contribution is -2.53. The molecule has 0 bridgehead atoms. The molecular weight excluding hydrogens is 381 g/mol. The van der Waals surface area contributed by atoms with E-state index in [2.05, 4.69) is 5.32 Å². The first-order chi connectivity index (χ1) is 13.5. The van der Waals surface area contributed by atoms with Gasteiger partial charge < -0.3 is 11.5 Å². The standard InChI is InChI=1S/C19H24FN5O4/c1-4-24-16(27)14(13(26)9-23-19(2,3)17(22)28)15(21)25(18(24)29)10-11-5-7-12(20)8-6-11/h5-8,23H,4,9-10,21H2,1-3H3,(H2,22,28). The third-order valence-corrected chi connectivity index (χ3v) is 4.62. The van der Waals surface area contributed by atoms with Gasteiger partial charge in [-0.15, -0.1) is 0 Å². The van der Waals surface area contributed by atoms with E-state index in [1.807, 2.05) is 0 Å². The van der Waals surface area contributed by atoms with Crippen molar-refractivity contribution in [1.82, 2.24) is 14.5 Å². The van der Waals surface area contributed by atoms with Crippen molar-refractivity contribution >= 4 is 17.5 Å². The van der Waals surface area contributed by atoms with E-state index in [4.69, 9.17) is 11.5 Å². The molecule has 2 aromatic rings. The van der Waals surface area contributed by atoms with Gasteiger partial charge in [-0.1, -0.05) is 12.1 Å². The highest BCUT2D eigenvalue weighted by atomic mass is 19.1. The summed E-state index contributed by atoms with van der Waals surface area (Å²) in [4.78, 5) is 49.5. The molecule has 1 heterocycles. The summed E-state index contributed by atoms with van der Waals surface area (Å²) in [6.07, 6.45) is 0. The molecule has 0 saturated heterocycles. The molecule has 29 heavy (non-hydrogen) atoms. The van der Waals surface area contributed by atoms with E-state index < -0.39 is 34.3 Å². The highest BCUT2D eigenvalue weighted by molar-refractivity contribution is 6.01. The van der Waals surface area contributed by atoms with Gasteiger partial charge in [0.15, 0.2) is 5.78 Å². The molecule has 0 aliphatic carbocycles. The average molecular weight is 405 g/mol. The quantitative estimate of drug-likeness (QED) is 0.521. The molecule has 0 aliphatic rings. The van der Waals surface area contributed by atoms with E-state index in [1.54, 1.807) is 6.92 Å². The van der Waals surface area contributed by atoms with Crippen LogP contribution in [0.2, 0.25) is 0 Å². The van der Waals surface area contributed by atoms with E-state index in [1.165, 1.54) is 38.1 Å². The van der Waals surface area contributed by atoms with Crippen LogP contribution in [0.5, 0.6) is 0 Å². The van der Waals surface area contributed by atoms with E-state index in [-0.39, 0.29) is 31.0 Å². The SMILES string of the molecule is CCn1c(=O)c(C(=O)CNC(C)(C)C(N)=O)c(N)n(Cc2ccc(F)cc2)c1=O. The van der Waals surface area contributed by atoms with Crippen LogP contribution < -0.4 is 28.0 Å². The Bertz CT molecular complexity index is 1050. The number of carbonyl (C=O) groups excluding carboxylic acids is 2. The Morgan fingerprint density at radius 2 is 1.72 bits per heavy atom. The van der Waals surface area contributed by atoms with Gasteiger partial charge in [0.2, 0.25) is 5.91 Å². The molecule has 1 aromatic carbocycles. The molecule has 0 aliphatic heterocycles. The predicted molar refractivity (Wildman–Crippen MR) is 106 cm³/mol. The lowest BCUT2D eigenvalue weighted by molar-refractivity contribution is -0.123. The molecule has 1 aromatic heterocycles. The number of nitrogens with one attached hydrogen (secondary N) is 1. The Balaban J connectivity index is 2.51. The number of rotatable bonds is 8. The van der Waals surface area contributed by atoms with E-state index in [0.29, 0.717) is 5.56 Å². The lowest BCUT2D eigenvalue weighted by atomic mass is 10.0. The van der Waals surface area contributed by atoms with E-state index in [0.717, 1.165) is 9.13 Å². The number of halogens is 1. The van der Waals surface area contributed by atoms with Gasteiger partial charge in [-0.25, -0.2) is 9.18 Å². The summed E-state index contributed by atoms with van der Waals surface area (Å²) in [5.41, 5.74) is 8.82. The summed E-state index contributed by atoms with van der Waals surface area (Å²) in [5, 5.41) is 2.68. The number of carbonyl (C=O) groups is 2. The zero-order chi connectivity index (χ0) is 21.9. The first-order valence-electron chi connectivity index (χ1n) is 8.95. The Labute approximate surface area is 166 Å². The zero-order valence-corrected chi connectivity index (χ0v) is 16.5. The summed E-state index contributed by atoms with van der Waals surface area (Å²) < 4.78 is 15.1. The van der Waals surface area contributed by atoms with Crippen molar-refractivity contribution in [2.24, 2.45) is 5.73 Å². The van der Waals surface area contributed by atoms with Gasteiger partial charge in [0, 0.05) is 6.54 Å². The molecule has 0 saturated carbocycles. The number of nitrogen functional groups attached to an aromatic ring is 1. The number of hydrogen-bond acceptors (Lipinski definition) is 6. The number of nitrogens with zero attached hydrogens (tertiary/aromatic N) is 2. The molecule has 0 spiro atoms. The van der Waals surface area contributed by atoms with Crippen molar-refractivity contribution < 1.29 is 14.0 Å². The molecule has 9 nitrogen and oxygen atoms in total. The number of amides is 1. The Morgan fingerprint density at radius 1 is 1.14 bits per heavy atom. The maximum Gasteiger partial charge on any atom is 0.332 e. The minimum atomic E-state index is -1.18. The average Bonchev–Trinajstić information content (AvgIpc) is 2.65. The van der Waals surface area contributed by atoms with Crippen LogP contribution in [0.4, 0.5) is 10.2 Å². The molecular formula is C19H24FN5O4. The monoisotopic (exact) mass is 405 g/mol. The summed E-state index contributed by atoms with van der Waals surface area (Å²) in [5.74, 6) is -2.09. The van der Waals surface area contributed by atoms with Gasteiger partial charge in [-0.05, 0) is 38.5 Å². The zero-order valence-electron chi connectivity index (χ0n) is 16.5. The van der Waals surface area contributed by atoms with Crippen molar-refractivity contribution in [3.8, 4) is 0 Å². The molecule has 0 atom stereocenters. The fraction of sp³-hybridized carbons (Fsp3) is 0.368. The normalized spacial score (nSPS) is 11.4. The van der Waals surface area contributed by atoms with Gasteiger partial charge >= 0.3 is 5.69 Å². The van der Waals surface area contributed by atoms with Crippen LogP contribution in [0.3, 0.4) is 0 Å². The van der Waals surface area contributed by atoms with Gasteiger partial charge in [-0.2, -0.15) is 0 Å². The molecule has 10 heteroatoms. The minimum Gasteiger partial charge on any atom is -0.384 e. The number of Topliss-reactive ketones (excluding diaryl/α,β-unsaturated/α-hetero) is 1. The topological polar surface area (TPSA) is 142 Å². The third-order valence-electron chi connectivity index (χ3n) is 4.62. The number of nitrogens with two attached hydrogens (primary N) is 2. The van der Waals surface area contributed by atoms with Crippen molar-refractivity contribution in [3.05, 3.63) is 62.0 Å². The van der Waals surface area contributed by atoms with Gasteiger partial charge in [0.05, 0.1) is 18.6 Å². The molecule has 0 fully saturated rings. The Kier molecular flexibility index (Phi) is 6.38. The third kappa shape index (κ3) is 4.60. The first-order valence-corrected chi connectivity index (χ1v) is 8.95. The number of ketones is 1. The van der Waals surface area contributed by atoms with Crippen LogP contribution in [0, 0.1) is 5.82 Å². The van der Waals surface area contributed by atoms with Crippen LogP contribution in [-0.4, -0.2) is 32.9 Å². The summed E-state index contributed by atoms with van der Waals surface area (Å²) in [7, 11) is 0. The molecule has 0 radical (unpaired) electrons. The van der Waals surface area contributed by atoms with Crippen molar-refractivity contribution in [2.45, 2.75) is 39.4 Å². The Morgan fingerprint density at radius 3 is 2.24 bits per heavy atom. The van der Waals surface area contributed by atoms with Gasteiger partial charge in [0.1, 0.15) is 17.2 Å². The van der Waals surface area contributed by atoms with Crippen LogP contribution >= 0.6 is 0 Å². The summed E-state index contributed by atoms with van der Waals surface area (Å²) >= 11 is 0. The fourth-order valence-corrected chi connectivity index (χ4v) is 2.66. The van der Waals surface area contributed by atoms with Gasteiger partial charge in [0.25, 0.3) is 5.56 Å². The van der Waals surface area contributed by atoms with E-state index >= 15 is 0 Å². The summed E-state index contributed by atoms with van der Waals surface area (Å²) in [6, 6.07) is 5.41. The van der Waals surface area contributed by atoms with Crippen LogP contribution in [0.25, 0.3) is 0 Å².